The summed E-state index contributed by atoms with van der Waals surface area (Å²) in [6.07, 6.45) is 2.81. The number of carbonyl (C=O) groups excluding carboxylic acids is 1. The Morgan fingerprint density at radius 3 is 2.18 bits per heavy atom. The molecule has 1 fully saturated rings. The number of hydrogen-bond acceptors (Lipinski definition) is 8. The third-order valence-electron chi connectivity index (χ3n) is 6.04. The van der Waals surface area contributed by atoms with Crippen LogP contribution in [0.2, 0.25) is 0 Å². The van der Waals surface area contributed by atoms with Crippen molar-refractivity contribution in [2.75, 3.05) is 30.5 Å². The summed E-state index contributed by atoms with van der Waals surface area (Å²) in [7, 11) is 0.275. The zero-order valence-electron chi connectivity index (χ0n) is 22.9. The number of benzene rings is 1. The first-order chi connectivity index (χ1) is 17.7. The molecule has 3 rings (SSSR count). The van der Waals surface area contributed by atoms with Crippen molar-refractivity contribution in [2.45, 2.75) is 78.0 Å². The van der Waals surface area contributed by atoms with Crippen LogP contribution in [-0.2, 0) is 16.6 Å². The molecule has 3 N–H and O–H groups in total. The first kappa shape index (κ1) is 30.4. The van der Waals surface area contributed by atoms with Crippen molar-refractivity contribution >= 4 is 38.1 Å². The van der Waals surface area contributed by atoms with E-state index in [1.807, 2.05) is 27.7 Å². The predicted octanol–water partition coefficient (Wildman–Crippen LogP) is 4.83. The number of rotatable bonds is 12. The largest absolute Gasteiger partial charge is 0.367 e. The highest BCUT2D eigenvalue weighted by Crippen LogP contribution is 2.33. The van der Waals surface area contributed by atoms with Crippen molar-refractivity contribution in [1.82, 2.24) is 14.6 Å². The molecule has 38 heavy (non-hydrogen) atoms. The zero-order chi connectivity index (χ0) is 28.2. The molecule has 0 aliphatic heterocycles. The minimum absolute atomic E-state index is 0.0423. The Labute approximate surface area is 228 Å². The maximum Gasteiger partial charge on any atom is 0.212 e. The van der Waals surface area contributed by atoms with Gasteiger partial charge in [-0.05, 0) is 77.2 Å². The van der Waals surface area contributed by atoms with E-state index >= 15 is 0 Å². The number of carbonyl (C=O) groups is 1. The van der Waals surface area contributed by atoms with Crippen LogP contribution >= 0.6 is 11.3 Å². The first-order valence-electron chi connectivity index (χ1n) is 12.9. The Morgan fingerprint density at radius 1 is 1.08 bits per heavy atom. The van der Waals surface area contributed by atoms with Crippen LogP contribution in [0.25, 0.3) is 0 Å². The smallest absolute Gasteiger partial charge is 0.212 e. The second-order valence-corrected chi connectivity index (χ2v) is 13.8. The molecule has 0 radical (unpaired) electrons. The molecule has 0 bridgehead atoms. The molecule has 0 amide bonds. The lowest BCUT2D eigenvalue weighted by molar-refractivity contribution is 0.103. The number of halogens is 2. The van der Waals surface area contributed by atoms with Gasteiger partial charge in [0.25, 0.3) is 0 Å². The van der Waals surface area contributed by atoms with Crippen LogP contribution in [0.4, 0.5) is 19.7 Å². The van der Waals surface area contributed by atoms with E-state index in [0.29, 0.717) is 30.1 Å². The lowest BCUT2D eigenvalue weighted by Crippen LogP contribution is -2.41. The number of sulfonamides is 1. The Kier molecular flexibility index (Phi) is 10.2. The highest BCUT2D eigenvalue weighted by molar-refractivity contribution is 7.89. The van der Waals surface area contributed by atoms with E-state index in [1.54, 1.807) is 19.0 Å². The van der Waals surface area contributed by atoms with Crippen LogP contribution < -0.4 is 15.4 Å². The number of nitrogens with zero attached hydrogens (tertiary/aromatic N) is 2. The number of aromatic nitrogens is 1. The van der Waals surface area contributed by atoms with Gasteiger partial charge < -0.3 is 15.5 Å². The van der Waals surface area contributed by atoms with Gasteiger partial charge in [-0.25, -0.2) is 26.9 Å². The molecule has 1 aromatic heterocycles. The minimum Gasteiger partial charge on any atom is -0.367 e. The maximum absolute atomic E-state index is 14.9. The van der Waals surface area contributed by atoms with Crippen molar-refractivity contribution in [2.24, 2.45) is 5.92 Å². The summed E-state index contributed by atoms with van der Waals surface area (Å²) < 4.78 is 57.2. The fourth-order valence-electron chi connectivity index (χ4n) is 4.59. The lowest BCUT2D eigenvalue weighted by Gasteiger charge is -2.29. The topological polar surface area (TPSA) is 103 Å². The summed E-state index contributed by atoms with van der Waals surface area (Å²) in [6, 6.07) is 2.27. The first-order valence-corrected chi connectivity index (χ1v) is 15.4. The molecule has 0 spiro atoms. The molecule has 1 heterocycles. The van der Waals surface area contributed by atoms with Crippen LogP contribution in [0.3, 0.4) is 0 Å². The number of hydrogen-bond donors (Lipinski definition) is 3. The average molecular weight is 572 g/mol. The molecule has 0 saturated heterocycles. The van der Waals surface area contributed by atoms with Gasteiger partial charge in [0.15, 0.2) is 10.9 Å². The summed E-state index contributed by atoms with van der Waals surface area (Å²) >= 11 is 1.06. The predicted molar refractivity (Wildman–Crippen MR) is 149 cm³/mol. The van der Waals surface area contributed by atoms with Crippen molar-refractivity contribution in [3.05, 3.63) is 39.8 Å². The molecule has 2 aromatic rings. The summed E-state index contributed by atoms with van der Waals surface area (Å²) in [6.45, 7) is 7.87. The second kappa shape index (κ2) is 12.8. The number of anilines is 2. The van der Waals surface area contributed by atoms with E-state index in [2.05, 4.69) is 20.3 Å². The monoisotopic (exact) mass is 571 g/mol. The van der Waals surface area contributed by atoms with Crippen LogP contribution in [0.5, 0.6) is 0 Å². The molecule has 1 saturated carbocycles. The number of nitrogens with one attached hydrogen (secondary N) is 3. The van der Waals surface area contributed by atoms with Gasteiger partial charge in [-0.2, -0.15) is 0 Å². The van der Waals surface area contributed by atoms with Gasteiger partial charge in [0.05, 0.1) is 11.3 Å². The quantitative estimate of drug-likeness (QED) is 0.314. The highest BCUT2D eigenvalue weighted by Gasteiger charge is 2.29. The third kappa shape index (κ3) is 8.42. The summed E-state index contributed by atoms with van der Waals surface area (Å²) in [5.41, 5.74) is -0.153. The zero-order valence-corrected chi connectivity index (χ0v) is 24.5. The molecule has 0 unspecified atom stereocenters. The van der Waals surface area contributed by atoms with Gasteiger partial charge in [0.2, 0.25) is 15.8 Å². The third-order valence-corrected chi connectivity index (χ3v) is 8.82. The standard InChI is InChI=1S/C26H39F2N5O3S2/c1-15(2)14-38(35,36)32-19-9-7-18(8-10-19)30-26-31-25(29-16(3)4)24(37-26)23(34)22-20(27)11-17(12-21(22)28)13-33(5)6/h11-12,15-16,18-19,29,32H,7-10,13-14H2,1-6H3,(H,30,31)/t18-,19-. The molecular weight excluding hydrogens is 532 g/mol. The van der Waals surface area contributed by atoms with Crippen LogP contribution in [0.1, 0.15) is 74.2 Å². The van der Waals surface area contributed by atoms with Crippen molar-refractivity contribution in [3.63, 3.8) is 0 Å². The SMILES string of the molecule is CC(C)CS(=O)(=O)N[C@H]1CC[C@H](Nc2nc(NC(C)C)c(C(=O)c3c(F)cc(CN(C)C)cc3F)s2)CC1. The van der Waals surface area contributed by atoms with Crippen molar-refractivity contribution < 1.29 is 22.0 Å². The Bertz CT molecular complexity index is 1200. The lowest BCUT2D eigenvalue weighted by atomic mass is 9.92. The molecule has 12 heteroatoms. The van der Waals surface area contributed by atoms with Gasteiger partial charge in [0, 0.05) is 24.7 Å². The van der Waals surface area contributed by atoms with E-state index in [0.717, 1.165) is 24.2 Å². The number of thiazole rings is 1. The molecule has 212 valence electrons. The molecule has 1 aliphatic carbocycles. The van der Waals surface area contributed by atoms with Crippen molar-refractivity contribution in [1.29, 1.82) is 0 Å². The van der Waals surface area contributed by atoms with E-state index in [-0.39, 0.29) is 40.5 Å². The van der Waals surface area contributed by atoms with Gasteiger partial charge >= 0.3 is 0 Å². The molecule has 8 nitrogen and oxygen atoms in total. The molecule has 0 atom stereocenters. The fourth-order valence-corrected chi connectivity index (χ4v) is 7.26. The normalized spacial score (nSPS) is 18.4. The van der Waals surface area contributed by atoms with Crippen LogP contribution in [-0.4, -0.2) is 62.1 Å². The Balaban J connectivity index is 1.74. The van der Waals surface area contributed by atoms with E-state index in [9.17, 15) is 22.0 Å². The summed E-state index contributed by atoms with van der Waals surface area (Å²) in [4.78, 5) is 19.8. The second-order valence-electron chi connectivity index (χ2n) is 11.0. The summed E-state index contributed by atoms with van der Waals surface area (Å²) in [5, 5.41) is 6.94. The van der Waals surface area contributed by atoms with Crippen LogP contribution in [0, 0.1) is 17.6 Å². The highest BCUT2D eigenvalue weighted by atomic mass is 32.2. The van der Waals surface area contributed by atoms with Gasteiger partial charge in [-0.3, -0.25) is 4.79 Å². The van der Waals surface area contributed by atoms with Gasteiger partial charge in [0.1, 0.15) is 16.5 Å². The van der Waals surface area contributed by atoms with Gasteiger partial charge in [-0.15, -0.1) is 0 Å². The molecule has 1 aliphatic rings. The Hall–Kier alpha value is -2.15. The number of ketones is 1. The van der Waals surface area contributed by atoms with Crippen molar-refractivity contribution in [3.8, 4) is 0 Å². The van der Waals surface area contributed by atoms with Crippen LogP contribution in [0.15, 0.2) is 12.1 Å². The minimum atomic E-state index is -3.31. The van der Waals surface area contributed by atoms with E-state index in [1.165, 1.54) is 12.1 Å². The molecular formula is C26H39F2N5O3S2. The van der Waals surface area contributed by atoms with E-state index < -0.39 is 33.0 Å². The Morgan fingerprint density at radius 2 is 1.66 bits per heavy atom. The fraction of sp³-hybridized carbons (Fsp3) is 0.615. The molecule has 1 aromatic carbocycles. The average Bonchev–Trinajstić information content (AvgIpc) is 3.14. The summed E-state index contributed by atoms with van der Waals surface area (Å²) in [5.74, 6) is -2.12. The maximum atomic E-state index is 14.9. The van der Waals surface area contributed by atoms with E-state index in [4.69, 9.17) is 0 Å². The van der Waals surface area contributed by atoms with Gasteiger partial charge in [-0.1, -0.05) is 25.2 Å².